The van der Waals surface area contributed by atoms with E-state index in [2.05, 4.69) is 0 Å². The summed E-state index contributed by atoms with van der Waals surface area (Å²) in [4.78, 5) is 0. The van der Waals surface area contributed by atoms with Gasteiger partial charge < -0.3 is 10.5 Å². The second-order valence-corrected chi connectivity index (χ2v) is 5.23. The average molecular weight is 255 g/mol. The summed E-state index contributed by atoms with van der Waals surface area (Å²) in [5.74, 6) is 0.853. The van der Waals surface area contributed by atoms with Crippen LogP contribution in [0.25, 0.3) is 0 Å². The highest BCUT2D eigenvalue weighted by Gasteiger charge is 2.27. The Labute approximate surface area is 115 Å². The molecule has 2 nitrogen and oxygen atoms in total. The highest BCUT2D eigenvalue weighted by atomic mass is 16.5. The maximum absolute atomic E-state index is 6.56. The molecular formula is C17H21NO. The molecule has 0 saturated carbocycles. The Hall–Kier alpha value is -1.80. The zero-order valence-corrected chi connectivity index (χ0v) is 11.8. The van der Waals surface area contributed by atoms with E-state index in [1.165, 1.54) is 0 Å². The van der Waals surface area contributed by atoms with Crippen molar-refractivity contribution in [3.8, 4) is 5.75 Å². The van der Waals surface area contributed by atoms with Crippen LogP contribution in [0, 0.1) is 0 Å². The minimum atomic E-state index is -0.563. The molecule has 1 atom stereocenters. The fraction of sp³-hybridized carbons (Fsp3) is 0.294. The Balaban J connectivity index is 2.46. The molecule has 2 heteroatoms. The fourth-order valence-corrected chi connectivity index (χ4v) is 2.19. The predicted molar refractivity (Wildman–Crippen MR) is 79.3 cm³/mol. The lowest BCUT2D eigenvalue weighted by Gasteiger charge is -2.28. The molecule has 0 bridgehead atoms. The molecule has 0 radical (unpaired) electrons. The van der Waals surface area contributed by atoms with Crippen molar-refractivity contribution in [2.45, 2.75) is 32.4 Å². The van der Waals surface area contributed by atoms with Crippen LogP contribution in [0.15, 0.2) is 54.6 Å². The molecular weight excluding hydrogens is 234 g/mol. The minimum absolute atomic E-state index is 0.132. The molecule has 1 unspecified atom stereocenters. The molecule has 0 spiro atoms. The molecule has 0 heterocycles. The van der Waals surface area contributed by atoms with Gasteiger partial charge >= 0.3 is 0 Å². The zero-order valence-electron chi connectivity index (χ0n) is 11.8. The summed E-state index contributed by atoms with van der Waals surface area (Å²) in [6, 6.07) is 18.1. The maximum Gasteiger partial charge on any atom is 0.125 e. The second-order valence-electron chi connectivity index (χ2n) is 5.23. The third kappa shape index (κ3) is 2.96. The molecule has 0 aliphatic rings. The monoisotopic (exact) mass is 255 g/mol. The van der Waals surface area contributed by atoms with E-state index < -0.39 is 5.54 Å². The third-order valence-corrected chi connectivity index (χ3v) is 3.18. The second kappa shape index (κ2) is 5.45. The predicted octanol–water partition coefficient (Wildman–Crippen LogP) is 3.70. The van der Waals surface area contributed by atoms with Gasteiger partial charge in [-0.1, -0.05) is 48.5 Å². The number of nitrogens with two attached hydrogens (primary N) is 1. The number of hydrogen-bond donors (Lipinski definition) is 1. The van der Waals surface area contributed by atoms with E-state index in [9.17, 15) is 0 Å². The van der Waals surface area contributed by atoms with Crippen molar-refractivity contribution in [2.24, 2.45) is 5.73 Å². The molecule has 2 aromatic rings. The third-order valence-electron chi connectivity index (χ3n) is 3.18. The number of ether oxygens (including phenoxy) is 1. The van der Waals surface area contributed by atoms with E-state index in [0.29, 0.717) is 0 Å². The van der Waals surface area contributed by atoms with Gasteiger partial charge in [0.05, 0.1) is 11.6 Å². The van der Waals surface area contributed by atoms with Crippen LogP contribution in [0.1, 0.15) is 31.9 Å². The van der Waals surface area contributed by atoms with Crippen LogP contribution in [0.3, 0.4) is 0 Å². The molecule has 2 aromatic carbocycles. The van der Waals surface area contributed by atoms with Crippen molar-refractivity contribution < 1.29 is 4.74 Å². The van der Waals surface area contributed by atoms with Gasteiger partial charge in [0, 0.05) is 5.56 Å². The Morgan fingerprint density at radius 3 is 2.16 bits per heavy atom. The lowest BCUT2D eigenvalue weighted by molar-refractivity contribution is 0.237. The molecule has 0 fully saturated rings. The van der Waals surface area contributed by atoms with E-state index in [-0.39, 0.29) is 6.10 Å². The van der Waals surface area contributed by atoms with Crippen LogP contribution in [-0.4, -0.2) is 6.10 Å². The lowest BCUT2D eigenvalue weighted by atomic mass is 9.85. The molecule has 2 rings (SSSR count). The Bertz CT molecular complexity index is 532. The first-order valence-corrected chi connectivity index (χ1v) is 6.62. The summed E-state index contributed by atoms with van der Waals surface area (Å²) in [6.07, 6.45) is 0.132. The van der Waals surface area contributed by atoms with Crippen molar-refractivity contribution >= 4 is 0 Å². The normalized spacial score (nSPS) is 14.2. The van der Waals surface area contributed by atoms with E-state index in [4.69, 9.17) is 10.5 Å². The zero-order chi connectivity index (χ0) is 13.9. The van der Waals surface area contributed by atoms with Gasteiger partial charge in [-0.3, -0.25) is 0 Å². The fourth-order valence-electron chi connectivity index (χ4n) is 2.19. The van der Waals surface area contributed by atoms with Crippen molar-refractivity contribution in [3.05, 3.63) is 65.7 Å². The van der Waals surface area contributed by atoms with Crippen LogP contribution in [0.4, 0.5) is 0 Å². The molecule has 0 saturated heterocycles. The summed E-state index contributed by atoms with van der Waals surface area (Å²) in [5.41, 5.74) is 8.08. The minimum Gasteiger partial charge on any atom is -0.491 e. The largest absolute Gasteiger partial charge is 0.491 e. The van der Waals surface area contributed by atoms with Gasteiger partial charge in [-0.2, -0.15) is 0 Å². The summed E-state index contributed by atoms with van der Waals surface area (Å²) >= 11 is 0. The number of hydrogen-bond acceptors (Lipinski definition) is 2. The van der Waals surface area contributed by atoms with Crippen molar-refractivity contribution in [1.82, 2.24) is 0 Å². The Morgan fingerprint density at radius 2 is 1.53 bits per heavy atom. The smallest absolute Gasteiger partial charge is 0.125 e. The maximum atomic E-state index is 6.56. The van der Waals surface area contributed by atoms with Crippen molar-refractivity contribution in [3.63, 3.8) is 0 Å². The van der Waals surface area contributed by atoms with Crippen molar-refractivity contribution in [1.29, 1.82) is 0 Å². The topological polar surface area (TPSA) is 35.2 Å². The van der Waals surface area contributed by atoms with Gasteiger partial charge in [0.2, 0.25) is 0 Å². The Morgan fingerprint density at radius 1 is 0.947 bits per heavy atom. The van der Waals surface area contributed by atoms with E-state index in [1.54, 1.807) is 0 Å². The van der Waals surface area contributed by atoms with Crippen LogP contribution in [-0.2, 0) is 5.54 Å². The summed E-state index contributed by atoms with van der Waals surface area (Å²) < 4.78 is 5.87. The van der Waals surface area contributed by atoms with Gasteiger partial charge in [0.1, 0.15) is 5.75 Å². The molecule has 0 aliphatic heterocycles. The number of rotatable bonds is 4. The molecule has 0 aliphatic carbocycles. The molecule has 19 heavy (non-hydrogen) atoms. The highest BCUT2D eigenvalue weighted by Crippen LogP contribution is 2.33. The van der Waals surface area contributed by atoms with Gasteiger partial charge in [0.15, 0.2) is 0 Å². The molecule has 100 valence electrons. The van der Waals surface area contributed by atoms with Crippen LogP contribution in [0.2, 0.25) is 0 Å². The number of benzene rings is 2. The van der Waals surface area contributed by atoms with Crippen LogP contribution >= 0.6 is 0 Å². The molecule has 2 N–H and O–H groups in total. The number of para-hydroxylation sites is 1. The lowest BCUT2D eigenvalue weighted by Crippen LogP contribution is -2.35. The van der Waals surface area contributed by atoms with Gasteiger partial charge in [-0.05, 0) is 32.4 Å². The van der Waals surface area contributed by atoms with E-state index in [1.807, 2.05) is 75.4 Å². The first-order valence-electron chi connectivity index (χ1n) is 6.62. The first-order chi connectivity index (χ1) is 9.01. The van der Waals surface area contributed by atoms with Crippen LogP contribution < -0.4 is 10.5 Å². The van der Waals surface area contributed by atoms with Gasteiger partial charge in [0.25, 0.3) is 0 Å². The highest BCUT2D eigenvalue weighted by molar-refractivity contribution is 5.45. The van der Waals surface area contributed by atoms with Gasteiger partial charge in [-0.15, -0.1) is 0 Å². The quantitative estimate of drug-likeness (QED) is 0.904. The van der Waals surface area contributed by atoms with E-state index >= 15 is 0 Å². The van der Waals surface area contributed by atoms with Crippen molar-refractivity contribution in [2.75, 3.05) is 0 Å². The first kappa shape index (κ1) is 13.6. The Kier molecular flexibility index (Phi) is 3.91. The summed E-state index contributed by atoms with van der Waals surface area (Å²) in [5, 5.41) is 0. The SMILES string of the molecule is CC(C)Oc1ccccc1C(C)(N)c1ccccc1. The standard InChI is InChI=1S/C17H21NO/c1-13(2)19-16-12-8-7-11-15(16)17(3,18)14-9-5-4-6-10-14/h4-13H,18H2,1-3H3. The summed E-state index contributed by atoms with van der Waals surface area (Å²) in [7, 11) is 0. The molecule has 0 aromatic heterocycles. The van der Waals surface area contributed by atoms with E-state index in [0.717, 1.165) is 16.9 Å². The van der Waals surface area contributed by atoms with Crippen LogP contribution in [0.5, 0.6) is 5.75 Å². The summed E-state index contributed by atoms with van der Waals surface area (Å²) in [6.45, 7) is 6.06. The van der Waals surface area contributed by atoms with Gasteiger partial charge in [-0.25, -0.2) is 0 Å². The average Bonchev–Trinajstić information content (AvgIpc) is 2.39. The molecule has 0 amide bonds.